The van der Waals surface area contributed by atoms with Gasteiger partial charge in [-0.05, 0) is 47.5 Å². The molecule has 0 unspecified atom stereocenters. The second-order valence-electron chi connectivity index (χ2n) is 6.85. The zero-order valence-electron chi connectivity index (χ0n) is 17.6. The summed E-state index contributed by atoms with van der Waals surface area (Å²) in [7, 11) is 1.44. The Balaban J connectivity index is 0. The van der Waals surface area contributed by atoms with Crippen molar-refractivity contribution in [3.63, 3.8) is 0 Å². The molecule has 0 aliphatic rings. The van der Waals surface area contributed by atoms with Crippen LogP contribution < -0.4 is 10.6 Å². The van der Waals surface area contributed by atoms with Crippen molar-refractivity contribution < 1.29 is 9.53 Å². The number of methoxy groups -OCH3 is 1. The minimum atomic E-state index is -0.117. The van der Waals surface area contributed by atoms with Crippen molar-refractivity contribution in [2.24, 2.45) is 4.99 Å². The van der Waals surface area contributed by atoms with Crippen LogP contribution in [0, 0.1) is 0 Å². The first kappa shape index (κ1) is 27.6. The monoisotopic (exact) mass is 484 g/mol. The van der Waals surface area contributed by atoms with Gasteiger partial charge in [0.15, 0.2) is 5.96 Å². The summed E-state index contributed by atoms with van der Waals surface area (Å²) < 4.78 is 4.64. The van der Waals surface area contributed by atoms with Crippen molar-refractivity contribution in [2.45, 2.75) is 78.8 Å². The van der Waals surface area contributed by atoms with E-state index in [4.69, 9.17) is 0 Å². The molecular formula is C19H41IN4O2. The number of unbranched alkanes of at least 4 members (excludes halogenated alkanes) is 3. The maximum atomic E-state index is 11.0. The standard InChI is InChI=1S/C19H40N4O2.HI/c1-7-20-19(22-14-15-23(16(2)3)17(4)5)21-13-11-9-8-10-12-18(24)25-6;/h16-17H,7-15H2,1-6H3,(H2,20,21,22);1H. The third kappa shape index (κ3) is 14.6. The molecule has 0 saturated carbocycles. The smallest absolute Gasteiger partial charge is 0.305 e. The predicted octanol–water partition coefficient (Wildman–Crippen LogP) is 3.40. The fraction of sp³-hybridized carbons (Fsp3) is 0.895. The van der Waals surface area contributed by atoms with Crippen LogP contribution in [0.5, 0.6) is 0 Å². The summed E-state index contributed by atoms with van der Waals surface area (Å²) in [4.78, 5) is 18.1. The van der Waals surface area contributed by atoms with E-state index in [1.165, 1.54) is 7.11 Å². The molecule has 0 aromatic carbocycles. The van der Waals surface area contributed by atoms with Gasteiger partial charge in [0, 0.05) is 44.7 Å². The molecule has 0 aliphatic heterocycles. The Bertz CT molecular complexity index is 369. The van der Waals surface area contributed by atoms with Gasteiger partial charge in [-0.1, -0.05) is 12.8 Å². The molecule has 0 spiro atoms. The van der Waals surface area contributed by atoms with E-state index in [9.17, 15) is 4.79 Å². The van der Waals surface area contributed by atoms with Gasteiger partial charge >= 0.3 is 5.97 Å². The molecule has 0 saturated heterocycles. The van der Waals surface area contributed by atoms with E-state index in [0.29, 0.717) is 18.5 Å². The molecule has 0 bridgehead atoms. The maximum Gasteiger partial charge on any atom is 0.305 e. The molecule has 0 aromatic heterocycles. The number of hydrogen-bond acceptors (Lipinski definition) is 4. The molecule has 6 nitrogen and oxygen atoms in total. The summed E-state index contributed by atoms with van der Waals surface area (Å²) in [5, 5.41) is 6.72. The molecule has 0 aliphatic carbocycles. The molecule has 156 valence electrons. The van der Waals surface area contributed by atoms with Crippen LogP contribution in [0.1, 0.15) is 66.7 Å². The number of rotatable bonds is 13. The minimum Gasteiger partial charge on any atom is -0.469 e. The molecule has 0 amide bonds. The second kappa shape index (κ2) is 17.8. The lowest BCUT2D eigenvalue weighted by Crippen LogP contribution is -2.45. The van der Waals surface area contributed by atoms with Gasteiger partial charge < -0.3 is 15.4 Å². The van der Waals surface area contributed by atoms with Crippen LogP contribution in [0.25, 0.3) is 0 Å². The molecule has 0 rings (SSSR count). The maximum absolute atomic E-state index is 11.0. The zero-order chi connectivity index (χ0) is 19.1. The normalized spacial score (nSPS) is 11.7. The summed E-state index contributed by atoms with van der Waals surface area (Å²) in [6, 6.07) is 1.10. The number of halogens is 1. The van der Waals surface area contributed by atoms with Gasteiger partial charge in [0.05, 0.1) is 7.11 Å². The van der Waals surface area contributed by atoms with Gasteiger partial charge in [0.2, 0.25) is 0 Å². The minimum absolute atomic E-state index is 0. The van der Waals surface area contributed by atoms with Crippen LogP contribution in [0.4, 0.5) is 0 Å². The van der Waals surface area contributed by atoms with Crippen molar-refractivity contribution in [1.82, 2.24) is 15.5 Å². The molecule has 0 radical (unpaired) electrons. The molecule has 0 aromatic rings. The first-order valence-electron chi connectivity index (χ1n) is 9.77. The molecule has 0 atom stereocenters. The van der Waals surface area contributed by atoms with Crippen molar-refractivity contribution in [3.8, 4) is 0 Å². The van der Waals surface area contributed by atoms with E-state index in [1.807, 2.05) is 0 Å². The van der Waals surface area contributed by atoms with Crippen LogP contribution >= 0.6 is 24.0 Å². The van der Waals surface area contributed by atoms with Crippen molar-refractivity contribution in [1.29, 1.82) is 0 Å². The molecular weight excluding hydrogens is 443 g/mol. The number of aliphatic imine (C=N–C) groups is 1. The Morgan fingerprint density at radius 3 is 2.19 bits per heavy atom. The van der Waals surface area contributed by atoms with E-state index in [2.05, 4.69) is 59.9 Å². The zero-order valence-corrected chi connectivity index (χ0v) is 20.0. The fourth-order valence-corrected chi connectivity index (χ4v) is 2.79. The number of carbonyl (C=O) groups excluding carboxylic acids is 1. The van der Waals surface area contributed by atoms with E-state index in [-0.39, 0.29) is 29.9 Å². The lowest BCUT2D eigenvalue weighted by molar-refractivity contribution is -0.140. The number of nitrogens with zero attached hydrogens (tertiary/aromatic N) is 2. The topological polar surface area (TPSA) is 66.0 Å². The fourth-order valence-electron chi connectivity index (χ4n) is 2.79. The summed E-state index contributed by atoms with van der Waals surface area (Å²) in [6.45, 7) is 14.6. The summed E-state index contributed by atoms with van der Waals surface area (Å²) in [6.07, 6.45) is 4.60. The Hall–Kier alpha value is -0.570. The third-order valence-electron chi connectivity index (χ3n) is 4.12. The first-order chi connectivity index (χ1) is 11.9. The van der Waals surface area contributed by atoms with Gasteiger partial charge in [-0.25, -0.2) is 0 Å². The Morgan fingerprint density at radius 1 is 1.04 bits per heavy atom. The average molecular weight is 484 g/mol. The van der Waals surface area contributed by atoms with Crippen LogP contribution in [-0.2, 0) is 9.53 Å². The van der Waals surface area contributed by atoms with Crippen LogP contribution in [0.2, 0.25) is 0 Å². The van der Waals surface area contributed by atoms with Crippen LogP contribution in [0.3, 0.4) is 0 Å². The molecule has 7 heteroatoms. The summed E-state index contributed by atoms with van der Waals surface area (Å²) >= 11 is 0. The highest BCUT2D eigenvalue weighted by Gasteiger charge is 2.12. The van der Waals surface area contributed by atoms with E-state index >= 15 is 0 Å². The lowest BCUT2D eigenvalue weighted by atomic mass is 10.1. The van der Waals surface area contributed by atoms with Gasteiger partial charge in [-0.2, -0.15) is 0 Å². The lowest BCUT2D eigenvalue weighted by Gasteiger charge is -2.30. The molecule has 26 heavy (non-hydrogen) atoms. The van der Waals surface area contributed by atoms with Crippen LogP contribution in [0.15, 0.2) is 4.99 Å². The van der Waals surface area contributed by atoms with E-state index in [1.54, 1.807) is 0 Å². The SMILES string of the molecule is CCNC(=NCCCCCCC(=O)OC)NCCN(C(C)C)C(C)C.I. The Kier molecular flexibility index (Phi) is 19.0. The van der Waals surface area contributed by atoms with E-state index < -0.39 is 0 Å². The van der Waals surface area contributed by atoms with Crippen molar-refractivity contribution in [2.75, 3.05) is 33.3 Å². The number of guanidine groups is 1. The van der Waals surface area contributed by atoms with Gasteiger partial charge in [-0.3, -0.25) is 14.7 Å². The highest BCUT2D eigenvalue weighted by atomic mass is 127. The summed E-state index contributed by atoms with van der Waals surface area (Å²) in [5.74, 6) is 0.776. The van der Waals surface area contributed by atoms with Crippen molar-refractivity contribution in [3.05, 3.63) is 0 Å². The van der Waals surface area contributed by atoms with Crippen LogP contribution in [-0.4, -0.2) is 62.2 Å². The summed E-state index contributed by atoms with van der Waals surface area (Å²) in [5.41, 5.74) is 0. The average Bonchev–Trinajstić information content (AvgIpc) is 2.56. The van der Waals surface area contributed by atoms with Gasteiger partial charge in [0.25, 0.3) is 0 Å². The van der Waals surface area contributed by atoms with Gasteiger partial charge in [-0.15, -0.1) is 24.0 Å². The quantitative estimate of drug-likeness (QED) is 0.138. The van der Waals surface area contributed by atoms with Gasteiger partial charge in [0.1, 0.15) is 0 Å². The largest absolute Gasteiger partial charge is 0.469 e. The second-order valence-corrected chi connectivity index (χ2v) is 6.85. The number of hydrogen-bond donors (Lipinski definition) is 2. The number of carbonyl (C=O) groups is 1. The number of esters is 1. The molecule has 0 heterocycles. The first-order valence-corrected chi connectivity index (χ1v) is 9.77. The number of ether oxygens (including phenoxy) is 1. The van der Waals surface area contributed by atoms with Crippen molar-refractivity contribution >= 4 is 35.9 Å². The molecule has 2 N–H and O–H groups in total. The van der Waals surface area contributed by atoms with E-state index in [0.717, 1.165) is 57.8 Å². The highest BCUT2D eigenvalue weighted by molar-refractivity contribution is 14.0. The highest BCUT2D eigenvalue weighted by Crippen LogP contribution is 2.04. The molecule has 0 fully saturated rings. The third-order valence-corrected chi connectivity index (χ3v) is 4.12. The predicted molar refractivity (Wildman–Crippen MR) is 121 cm³/mol. The number of nitrogens with one attached hydrogen (secondary N) is 2. The Labute approximate surface area is 177 Å². The Morgan fingerprint density at radius 2 is 1.65 bits per heavy atom.